The summed E-state index contributed by atoms with van der Waals surface area (Å²) < 4.78 is 7.36. The zero-order chi connectivity index (χ0) is 24.4. The predicted octanol–water partition coefficient (Wildman–Crippen LogP) is 5.17. The van der Waals surface area contributed by atoms with Crippen LogP contribution in [0.15, 0.2) is 53.4 Å². The van der Waals surface area contributed by atoms with Crippen LogP contribution < -0.4 is 15.4 Å². The second kappa shape index (κ2) is 9.64. The van der Waals surface area contributed by atoms with Gasteiger partial charge in [-0.25, -0.2) is 0 Å². The minimum absolute atomic E-state index is 0.0187. The Morgan fingerprint density at radius 1 is 1.21 bits per heavy atom. The van der Waals surface area contributed by atoms with E-state index in [4.69, 9.17) is 4.74 Å². The van der Waals surface area contributed by atoms with Crippen molar-refractivity contribution in [3.63, 3.8) is 0 Å². The van der Waals surface area contributed by atoms with Gasteiger partial charge in [-0.05, 0) is 61.7 Å². The number of non-ortho nitro benzene ring substituents is 1. The van der Waals surface area contributed by atoms with Crippen LogP contribution in [0.1, 0.15) is 29.4 Å². The van der Waals surface area contributed by atoms with Gasteiger partial charge >= 0.3 is 0 Å². The van der Waals surface area contributed by atoms with E-state index in [2.05, 4.69) is 29.7 Å². The molecule has 0 radical (unpaired) electrons. The van der Waals surface area contributed by atoms with Crippen molar-refractivity contribution in [2.75, 3.05) is 12.4 Å². The lowest BCUT2D eigenvalue weighted by molar-refractivity contribution is -0.384. The lowest BCUT2D eigenvalue weighted by Crippen LogP contribution is -2.30. The number of methoxy groups -OCH3 is 1. The van der Waals surface area contributed by atoms with Crippen molar-refractivity contribution in [2.24, 2.45) is 0 Å². The number of aryl methyl sites for hydroxylation is 2. The van der Waals surface area contributed by atoms with Crippen molar-refractivity contribution in [3.05, 3.63) is 86.1 Å². The molecular weight excluding hydrogens is 452 g/mol. The quantitative estimate of drug-likeness (QED) is 0.276. The maximum absolute atomic E-state index is 12.6. The first-order chi connectivity index (χ1) is 16.3. The van der Waals surface area contributed by atoms with E-state index >= 15 is 0 Å². The molecule has 0 unspecified atom stereocenters. The van der Waals surface area contributed by atoms with Gasteiger partial charge in [-0.1, -0.05) is 30.8 Å². The first kappa shape index (κ1) is 23.4. The summed E-state index contributed by atoms with van der Waals surface area (Å²) in [4.78, 5) is 24.1. The van der Waals surface area contributed by atoms with Gasteiger partial charge in [-0.15, -0.1) is 0 Å². The molecule has 9 heteroatoms. The molecule has 2 aromatic carbocycles. The Morgan fingerprint density at radius 2 is 1.94 bits per heavy atom. The third-order valence-corrected chi connectivity index (χ3v) is 6.79. The number of amides is 1. The van der Waals surface area contributed by atoms with Crippen LogP contribution in [-0.4, -0.2) is 28.0 Å². The smallest absolute Gasteiger partial charge is 0.271 e. The summed E-state index contributed by atoms with van der Waals surface area (Å²) in [6.07, 6.45) is 2.83. The van der Waals surface area contributed by atoms with E-state index in [1.165, 1.54) is 36.6 Å². The fourth-order valence-electron chi connectivity index (χ4n) is 3.97. The molecule has 1 atom stereocenters. The van der Waals surface area contributed by atoms with Crippen LogP contribution in [0.5, 0.6) is 5.75 Å². The van der Waals surface area contributed by atoms with Crippen LogP contribution in [0, 0.1) is 24.0 Å². The molecule has 8 nitrogen and oxygen atoms in total. The second-order valence-electron chi connectivity index (χ2n) is 7.95. The average Bonchev–Trinajstić information content (AvgIpc) is 3.31. The van der Waals surface area contributed by atoms with Crippen LogP contribution >= 0.6 is 11.8 Å². The van der Waals surface area contributed by atoms with Crippen molar-refractivity contribution in [1.29, 1.82) is 0 Å². The highest BCUT2D eigenvalue weighted by Gasteiger charge is 2.28. The van der Waals surface area contributed by atoms with Gasteiger partial charge < -0.3 is 19.9 Å². The number of nitro groups is 1. The van der Waals surface area contributed by atoms with Crippen LogP contribution in [0.25, 0.3) is 11.8 Å². The molecule has 0 saturated carbocycles. The molecule has 2 N–H and O–H groups in total. The van der Waals surface area contributed by atoms with E-state index in [0.29, 0.717) is 16.3 Å². The number of benzene rings is 2. The summed E-state index contributed by atoms with van der Waals surface area (Å²) in [6.45, 7) is 5.94. The van der Waals surface area contributed by atoms with Gasteiger partial charge in [0.25, 0.3) is 11.6 Å². The molecule has 3 aromatic rings. The number of hydrogen-bond acceptors (Lipinski definition) is 6. The number of nitrogens with zero attached hydrogens (tertiary/aromatic N) is 2. The third-order valence-electron chi connectivity index (χ3n) is 5.76. The Kier molecular flexibility index (Phi) is 6.65. The number of thioether (sulfide) groups is 1. The molecule has 4 rings (SSSR count). The summed E-state index contributed by atoms with van der Waals surface area (Å²) >= 11 is 1.42. The molecule has 1 aliphatic rings. The number of nitro benzene ring substituents is 1. The molecule has 2 heterocycles. The first-order valence-electron chi connectivity index (χ1n) is 10.9. The van der Waals surface area contributed by atoms with Crippen molar-refractivity contribution < 1.29 is 14.5 Å². The van der Waals surface area contributed by atoms with E-state index in [9.17, 15) is 14.9 Å². The number of rotatable bonds is 7. The minimum atomic E-state index is -0.428. The highest BCUT2D eigenvalue weighted by atomic mass is 32.2. The number of nitrogens with one attached hydrogen (secondary N) is 2. The summed E-state index contributed by atoms with van der Waals surface area (Å²) in [5.41, 5.74) is 5.06. The van der Waals surface area contributed by atoms with E-state index in [-0.39, 0.29) is 17.1 Å². The van der Waals surface area contributed by atoms with Gasteiger partial charge in [0.15, 0.2) is 5.50 Å². The summed E-state index contributed by atoms with van der Waals surface area (Å²) in [7, 11) is 1.53. The van der Waals surface area contributed by atoms with Crippen molar-refractivity contribution in [1.82, 2.24) is 9.88 Å². The van der Waals surface area contributed by atoms with Crippen molar-refractivity contribution >= 4 is 35.1 Å². The molecule has 34 heavy (non-hydrogen) atoms. The summed E-state index contributed by atoms with van der Waals surface area (Å²) in [5, 5.41) is 17.6. The number of aromatic nitrogens is 1. The largest absolute Gasteiger partial charge is 0.495 e. The van der Waals surface area contributed by atoms with Gasteiger partial charge in [0.1, 0.15) is 5.75 Å². The number of carbonyl (C=O) groups excluding carboxylic acids is 1. The molecule has 1 saturated heterocycles. The van der Waals surface area contributed by atoms with E-state index in [1.807, 2.05) is 42.7 Å². The molecule has 176 valence electrons. The molecule has 1 aromatic heterocycles. The van der Waals surface area contributed by atoms with E-state index in [0.717, 1.165) is 29.1 Å². The Hall–Kier alpha value is -3.72. The number of ether oxygens (including phenoxy) is 1. The standard InChI is InChI=1S/C25H26N4O4S/c1-5-17-6-8-19(9-7-17)26-25-27-24(30)23(34-25)13-18-12-15(2)28(16(18)3)21-14-20(29(31)32)10-11-22(21)33-4/h6-14,25-26H,5H2,1-4H3,(H,27,30)/b23-13-/t25-/m1/s1. The average molecular weight is 479 g/mol. The fraction of sp³-hybridized carbons (Fsp3) is 0.240. The fourth-order valence-corrected chi connectivity index (χ4v) is 4.94. The van der Waals surface area contributed by atoms with E-state index < -0.39 is 4.92 Å². The monoisotopic (exact) mass is 478 g/mol. The van der Waals surface area contributed by atoms with Gasteiger partial charge in [-0.2, -0.15) is 0 Å². The van der Waals surface area contributed by atoms with Crippen LogP contribution in [-0.2, 0) is 11.2 Å². The number of carbonyl (C=O) groups is 1. The zero-order valence-corrected chi connectivity index (χ0v) is 20.2. The number of hydrogen-bond donors (Lipinski definition) is 2. The maximum Gasteiger partial charge on any atom is 0.271 e. The Bertz CT molecular complexity index is 1280. The van der Waals surface area contributed by atoms with Gasteiger partial charge in [0, 0.05) is 29.2 Å². The predicted molar refractivity (Wildman–Crippen MR) is 135 cm³/mol. The zero-order valence-electron chi connectivity index (χ0n) is 19.4. The normalized spacial score (nSPS) is 16.5. The molecule has 0 bridgehead atoms. The molecule has 1 fully saturated rings. The topological polar surface area (TPSA) is 98.4 Å². The first-order valence-corrected chi connectivity index (χ1v) is 11.7. The molecule has 1 aliphatic heterocycles. The van der Waals surface area contributed by atoms with E-state index in [1.54, 1.807) is 6.07 Å². The Labute approximate surface area is 202 Å². The minimum Gasteiger partial charge on any atom is -0.495 e. The lowest BCUT2D eigenvalue weighted by atomic mass is 10.1. The summed E-state index contributed by atoms with van der Waals surface area (Å²) in [6, 6.07) is 14.6. The van der Waals surface area contributed by atoms with Crippen LogP contribution in [0.4, 0.5) is 11.4 Å². The Morgan fingerprint density at radius 3 is 2.59 bits per heavy atom. The van der Waals surface area contributed by atoms with Gasteiger partial charge in [0.2, 0.25) is 0 Å². The van der Waals surface area contributed by atoms with Crippen LogP contribution in [0.2, 0.25) is 0 Å². The Balaban J connectivity index is 1.61. The molecule has 0 spiro atoms. The van der Waals surface area contributed by atoms with Crippen molar-refractivity contribution in [3.8, 4) is 11.4 Å². The van der Waals surface area contributed by atoms with Crippen molar-refractivity contribution in [2.45, 2.75) is 32.7 Å². The highest BCUT2D eigenvalue weighted by molar-refractivity contribution is 8.05. The van der Waals surface area contributed by atoms with Gasteiger partial charge in [-0.3, -0.25) is 14.9 Å². The van der Waals surface area contributed by atoms with Gasteiger partial charge in [0.05, 0.1) is 22.6 Å². The second-order valence-corrected chi connectivity index (χ2v) is 9.10. The SMILES string of the molecule is CCc1ccc(N[C@@H]2NC(=O)/C(=C/c3cc(C)n(-c4cc([N+](=O)[O-])ccc4OC)c3C)S2)cc1. The number of anilines is 1. The van der Waals surface area contributed by atoms with Crippen LogP contribution in [0.3, 0.4) is 0 Å². The lowest BCUT2D eigenvalue weighted by Gasteiger charge is -2.14. The maximum atomic E-state index is 12.6. The molecule has 0 aliphatic carbocycles. The molecular formula is C25H26N4O4S. The molecule has 1 amide bonds. The highest BCUT2D eigenvalue weighted by Crippen LogP contribution is 2.34. The third kappa shape index (κ3) is 4.65. The summed E-state index contributed by atoms with van der Waals surface area (Å²) in [5.74, 6) is 0.378.